The van der Waals surface area contributed by atoms with Crippen molar-refractivity contribution in [3.8, 4) is 11.8 Å². The van der Waals surface area contributed by atoms with Gasteiger partial charge in [-0.15, -0.1) is 0 Å². The van der Waals surface area contributed by atoms with E-state index in [0.29, 0.717) is 59.5 Å². The highest BCUT2D eigenvalue weighted by Crippen LogP contribution is 2.24. The molecule has 0 spiro atoms. The predicted molar refractivity (Wildman–Crippen MR) is 211 cm³/mol. The van der Waals surface area contributed by atoms with Crippen molar-refractivity contribution in [2.75, 3.05) is 39.3 Å². The number of carbonyl (C=O) groups is 2. The molecule has 286 valence electrons. The summed E-state index contributed by atoms with van der Waals surface area (Å²) in [5, 5.41) is 13.0. The number of hydrogen-bond acceptors (Lipinski definition) is 9. The molecule has 6 rings (SSSR count). The maximum absolute atomic E-state index is 14.0. The molecule has 2 amide bonds. The number of rotatable bonds is 14. The van der Waals surface area contributed by atoms with Crippen LogP contribution in [0.2, 0.25) is 0 Å². The number of hydrogen-bond donors (Lipinski definition) is 4. The molecule has 1 aliphatic heterocycles. The first-order valence-corrected chi connectivity index (χ1v) is 20.2. The van der Waals surface area contributed by atoms with Gasteiger partial charge in [-0.25, -0.2) is 13.4 Å². The summed E-state index contributed by atoms with van der Waals surface area (Å²) in [6.07, 6.45) is 8.61. The molecule has 13 nitrogen and oxygen atoms in total. The first-order valence-electron chi connectivity index (χ1n) is 18.6. The lowest BCUT2D eigenvalue weighted by atomic mass is 10.1. The molecule has 5 aromatic rings. The Morgan fingerprint density at radius 2 is 1.64 bits per heavy atom. The molecule has 2 aromatic heterocycles. The fraction of sp³-hybridized carbons (Fsp3) is 0.341. The summed E-state index contributed by atoms with van der Waals surface area (Å²) in [6, 6.07) is 16.0. The molecule has 0 aliphatic carbocycles. The van der Waals surface area contributed by atoms with Gasteiger partial charge in [0.05, 0.1) is 27.7 Å². The summed E-state index contributed by atoms with van der Waals surface area (Å²) in [5.41, 5.74) is 8.79. The third-order valence-electron chi connectivity index (χ3n) is 9.63. The average Bonchev–Trinajstić information content (AvgIpc) is 3.71. The average molecular weight is 763 g/mol. The topological polar surface area (TPSA) is 185 Å². The van der Waals surface area contributed by atoms with E-state index in [9.17, 15) is 22.8 Å². The normalized spacial score (nSPS) is 13.3. The first kappa shape index (κ1) is 39.1. The van der Waals surface area contributed by atoms with E-state index in [1.165, 1.54) is 42.0 Å². The van der Waals surface area contributed by atoms with Crippen LogP contribution in [0.1, 0.15) is 74.5 Å². The highest BCUT2D eigenvalue weighted by molar-refractivity contribution is 7.90. The lowest BCUT2D eigenvalue weighted by Gasteiger charge is -2.26. The SMILES string of the molecule is Cc1nc2cc(CS(=O)(=O)c3ccc(C(=O)NCCCc4cn[nH]c4)cc3C#Cc3ccc(C(=O)NCCN4CCCCC4)cc3)ccc2c(=O)n1CCN. The van der Waals surface area contributed by atoms with Gasteiger partial charge in [0.25, 0.3) is 17.4 Å². The lowest BCUT2D eigenvalue weighted by molar-refractivity contribution is 0.0941. The van der Waals surface area contributed by atoms with Crippen molar-refractivity contribution in [1.82, 2.24) is 35.3 Å². The van der Waals surface area contributed by atoms with Crippen LogP contribution in [-0.4, -0.2) is 84.1 Å². The summed E-state index contributed by atoms with van der Waals surface area (Å²) in [5.74, 6) is 5.59. The summed E-state index contributed by atoms with van der Waals surface area (Å²) >= 11 is 0. The molecular formula is C41H46N8O5S. The Kier molecular flexibility index (Phi) is 12.9. The molecule has 0 radical (unpaired) electrons. The number of carbonyl (C=O) groups excluding carboxylic acids is 2. The van der Waals surface area contributed by atoms with Crippen molar-refractivity contribution in [1.29, 1.82) is 0 Å². The number of likely N-dealkylation sites (tertiary alicyclic amines) is 1. The van der Waals surface area contributed by atoms with Gasteiger partial charge in [0.2, 0.25) is 0 Å². The second-order valence-corrected chi connectivity index (χ2v) is 15.6. The van der Waals surface area contributed by atoms with Crippen LogP contribution >= 0.6 is 0 Å². The quantitative estimate of drug-likeness (QED) is 0.0974. The molecule has 5 N–H and O–H groups in total. The molecule has 14 heteroatoms. The number of aromatic nitrogens is 4. The lowest BCUT2D eigenvalue weighted by Crippen LogP contribution is -2.37. The van der Waals surface area contributed by atoms with E-state index in [2.05, 4.69) is 42.6 Å². The van der Waals surface area contributed by atoms with Crippen LogP contribution < -0.4 is 21.9 Å². The summed E-state index contributed by atoms with van der Waals surface area (Å²) < 4.78 is 29.6. The van der Waals surface area contributed by atoms with Crippen molar-refractivity contribution < 1.29 is 18.0 Å². The van der Waals surface area contributed by atoms with E-state index in [1.807, 2.05) is 0 Å². The van der Waals surface area contributed by atoms with Gasteiger partial charge >= 0.3 is 0 Å². The second-order valence-electron chi connectivity index (χ2n) is 13.7. The third-order valence-corrected chi connectivity index (χ3v) is 11.4. The van der Waals surface area contributed by atoms with Crippen LogP contribution in [0.5, 0.6) is 0 Å². The highest BCUT2D eigenvalue weighted by Gasteiger charge is 2.22. The van der Waals surface area contributed by atoms with Crippen molar-refractivity contribution in [3.63, 3.8) is 0 Å². The van der Waals surface area contributed by atoms with E-state index in [-0.39, 0.29) is 45.7 Å². The van der Waals surface area contributed by atoms with E-state index in [1.54, 1.807) is 61.8 Å². The van der Waals surface area contributed by atoms with E-state index in [0.717, 1.165) is 31.6 Å². The number of amides is 2. The molecule has 0 saturated carbocycles. The van der Waals surface area contributed by atoms with Gasteiger partial charge in [0.15, 0.2) is 9.84 Å². The van der Waals surface area contributed by atoms with Crippen molar-refractivity contribution in [2.45, 2.75) is 56.2 Å². The van der Waals surface area contributed by atoms with Crippen LogP contribution in [0.15, 0.2) is 82.7 Å². The number of aromatic amines is 1. The molecular weight excluding hydrogens is 717 g/mol. The molecule has 3 heterocycles. The zero-order valence-electron chi connectivity index (χ0n) is 30.9. The molecule has 0 unspecified atom stereocenters. The number of fused-ring (bicyclic) bond motifs is 1. The second kappa shape index (κ2) is 18.1. The molecule has 3 aromatic carbocycles. The molecule has 1 saturated heterocycles. The summed E-state index contributed by atoms with van der Waals surface area (Å²) in [6.45, 7) is 6.23. The fourth-order valence-corrected chi connectivity index (χ4v) is 8.16. The Morgan fingerprint density at radius 3 is 2.38 bits per heavy atom. The summed E-state index contributed by atoms with van der Waals surface area (Å²) in [4.78, 5) is 45.9. The number of sulfone groups is 1. The van der Waals surface area contributed by atoms with Crippen molar-refractivity contribution >= 4 is 32.6 Å². The third kappa shape index (κ3) is 10.1. The monoisotopic (exact) mass is 762 g/mol. The smallest absolute Gasteiger partial charge is 0.261 e. The number of nitrogens with two attached hydrogens (primary N) is 1. The minimum absolute atomic E-state index is 0.0381. The van der Waals surface area contributed by atoms with Crippen LogP contribution in [0.3, 0.4) is 0 Å². The van der Waals surface area contributed by atoms with E-state index in [4.69, 9.17) is 5.73 Å². The van der Waals surface area contributed by atoms with Crippen LogP contribution in [0.25, 0.3) is 10.9 Å². The van der Waals surface area contributed by atoms with Crippen LogP contribution in [0.4, 0.5) is 0 Å². The predicted octanol–water partition coefficient (Wildman–Crippen LogP) is 3.34. The fourth-order valence-electron chi connectivity index (χ4n) is 6.66. The highest BCUT2D eigenvalue weighted by atomic mass is 32.2. The van der Waals surface area contributed by atoms with Gasteiger partial charge < -0.3 is 21.3 Å². The number of nitrogens with one attached hydrogen (secondary N) is 3. The number of nitrogens with zero attached hydrogens (tertiary/aromatic N) is 4. The number of benzene rings is 3. The maximum atomic E-state index is 14.0. The van der Waals surface area contributed by atoms with E-state index < -0.39 is 9.84 Å². The first-order chi connectivity index (χ1) is 26.6. The molecule has 1 aliphatic rings. The van der Waals surface area contributed by atoms with Crippen molar-refractivity contribution in [3.05, 3.63) is 123 Å². The molecule has 0 atom stereocenters. The van der Waals surface area contributed by atoms with Gasteiger partial charge in [-0.3, -0.25) is 24.0 Å². The van der Waals surface area contributed by atoms with Crippen LogP contribution in [-0.2, 0) is 28.6 Å². The zero-order chi connectivity index (χ0) is 38.8. The number of H-pyrrole nitrogens is 1. The Morgan fingerprint density at radius 1 is 0.891 bits per heavy atom. The molecule has 1 fully saturated rings. The van der Waals surface area contributed by atoms with Gasteiger partial charge in [-0.1, -0.05) is 24.3 Å². The Hall–Kier alpha value is -5.62. The van der Waals surface area contributed by atoms with E-state index >= 15 is 0 Å². The number of piperidine rings is 1. The Labute approximate surface area is 320 Å². The van der Waals surface area contributed by atoms with Gasteiger partial charge in [0.1, 0.15) is 5.82 Å². The van der Waals surface area contributed by atoms with Crippen LogP contribution in [0, 0.1) is 18.8 Å². The Bertz CT molecular complexity index is 2370. The zero-order valence-corrected chi connectivity index (χ0v) is 31.8. The number of aryl methyl sites for hydroxylation is 2. The van der Waals surface area contributed by atoms with Gasteiger partial charge in [0, 0.05) is 61.2 Å². The standard InChI is InChI=1S/C41H46N8O5S/c1-29-47-37-24-31(10-15-36(37)41(52)49(29)22-17-42)28-55(53,54)38-16-14-35(40(51)43-18-5-6-32-26-45-46-27-32)25-34(38)13-9-30-7-11-33(12-8-30)39(50)44-19-23-48-20-3-2-4-21-48/h7-8,10-12,14-16,24-27H,2-6,17-23,28,42H2,1H3,(H,43,51)(H,44,50)(H,45,46). The van der Waals surface area contributed by atoms with Gasteiger partial charge in [-0.05, 0) is 111 Å². The Balaban J connectivity index is 1.22. The molecule has 0 bridgehead atoms. The minimum atomic E-state index is -4.00. The molecule has 55 heavy (non-hydrogen) atoms. The maximum Gasteiger partial charge on any atom is 0.261 e. The minimum Gasteiger partial charge on any atom is -0.352 e. The largest absolute Gasteiger partial charge is 0.352 e. The summed E-state index contributed by atoms with van der Waals surface area (Å²) in [7, 11) is -4.00. The van der Waals surface area contributed by atoms with Gasteiger partial charge in [-0.2, -0.15) is 5.10 Å². The van der Waals surface area contributed by atoms with Crippen molar-refractivity contribution in [2.24, 2.45) is 5.73 Å².